The van der Waals surface area contributed by atoms with E-state index in [-0.39, 0.29) is 11.4 Å². The first kappa shape index (κ1) is 13.9. The van der Waals surface area contributed by atoms with Crippen molar-refractivity contribution < 1.29 is 4.39 Å². The quantitative estimate of drug-likeness (QED) is 0.768. The molecular weight excluding hydrogens is 335 g/mol. The molecule has 0 saturated carbocycles. The average Bonchev–Trinajstić information content (AvgIpc) is 2.46. The van der Waals surface area contributed by atoms with E-state index in [0.29, 0.717) is 16.3 Å². The first-order chi connectivity index (χ1) is 10.1. The van der Waals surface area contributed by atoms with Crippen molar-refractivity contribution in [2.24, 2.45) is 0 Å². The second kappa shape index (κ2) is 5.41. The fourth-order valence-electron chi connectivity index (χ4n) is 2.45. The minimum atomic E-state index is -0.297. The summed E-state index contributed by atoms with van der Waals surface area (Å²) in [6.07, 6.45) is 0.525. The summed E-state index contributed by atoms with van der Waals surface area (Å²) in [4.78, 5) is 11.9. The van der Waals surface area contributed by atoms with Crippen LogP contribution in [0.15, 0.2) is 45.7 Å². The van der Waals surface area contributed by atoms with Gasteiger partial charge < -0.3 is 0 Å². The van der Waals surface area contributed by atoms with Gasteiger partial charge in [0.05, 0.1) is 15.6 Å². The van der Waals surface area contributed by atoms with Crippen LogP contribution in [0.25, 0.3) is 10.8 Å². The molecule has 1 N–H and O–H groups in total. The third-order valence-corrected chi connectivity index (χ3v) is 4.06. The van der Waals surface area contributed by atoms with Gasteiger partial charge in [-0.25, -0.2) is 9.49 Å². The van der Waals surface area contributed by atoms with E-state index in [1.807, 2.05) is 19.1 Å². The van der Waals surface area contributed by atoms with Crippen LogP contribution < -0.4 is 5.56 Å². The number of benzene rings is 2. The molecule has 0 aliphatic rings. The fourth-order valence-corrected chi connectivity index (χ4v) is 2.87. The summed E-state index contributed by atoms with van der Waals surface area (Å²) in [7, 11) is 0. The SMILES string of the molecule is Cc1cccc2c(=O)[nH]nc(Cc3ccc(F)c(Br)c3)c12. The van der Waals surface area contributed by atoms with Gasteiger partial charge in [0, 0.05) is 11.8 Å². The molecule has 2 aromatic carbocycles. The standard InChI is InChI=1S/C16H12BrFN2O/c1-9-3-2-4-11-15(9)14(19-20-16(11)21)8-10-5-6-13(18)12(17)7-10/h2-7H,8H2,1H3,(H,20,21). The van der Waals surface area contributed by atoms with Gasteiger partial charge in [0.15, 0.2) is 0 Å². The van der Waals surface area contributed by atoms with E-state index < -0.39 is 0 Å². The van der Waals surface area contributed by atoms with Gasteiger partial charge in [0.2, 0.25) is 0 Å². The number of fused-ring (bicyclic) bond motifs is 1. The van der Waals surface area contributed by atoms with Gasteiger partial charge in [-0.05, 0) is 52.2 Å². The highest BCUT2D eigenvalue weighted by atomic mass is 79.9. The second-order valence-electron chi connectivity index (χ2n) is 4.92. The van der Waals surface area contributed by atoms with E-state index in [2.05, 4.69) is 26.1 Å². The Morgan fingerprint density at radius 2 is 2.10 bits per heavy atom. The highest BCUT2D eigenvalue weighted by Gasteiger charge is 2.10. The zero-order valence-corrected chi connectivity index (χ0v) is 12.9. The molecule has 0 radical (unpaired) electrons. The third-order valence-electron chi connectivity index (χ3n) is 3.45. The molecular formula is C16H12BrFN2O. The fraction of sp³-hybridized carbons (Fsp3) is 0.125. The van der Waals surface area contributed by atoms with E-state index in [1.54, 1.807) is 18.2 Å². The zero-order chi connectivity index (χ0) is 15.0. The Bertz CT molecular complexity index is 889. The largest absolute Gasteiger partial charge is 0.272 e. The van der Waals surface area contributed by atoms with Crippen LogP contribution in [0.1, 0.15) is 16.8 Å². The number of rotatable bonds is 2. The Balaban J connectivity index is 2.15. The number of aromatic amines is 1. The normalized spacial score (nSPS) is 11.0. The molecule has 1 aromatic heterocycles. The molecule has 0 fully saturated rings. The number of H-pyrrole nitrogens is 1. The Morgan fingerprint density at radius 3 is 2.86 bits per heavy atom. The summed E-state index contributed by atoms with van der Waals surface area (Å²) in [5.74, 6) is -0.297. The molecule has 21 heavy (non-hydrogen) atoms. The summed E-state index contributed by atoms with van der Waals surface area (Å²) in [6.45, 7) is 1.95. The van der Waals surface area contributed by atoms with Crippen molar-refractivity contribution in [2.75, 3.05) is 0 Å². The lowest BCUT2D eigenvalue weighted by Gasteiger charge is -2.08. The van der Waals surface area contributed by atoms with Crippen LogP contribution in [0.2, 0.25) is 0 Å². The molecule has 3 aromatic rings. The van der Waals surface area contributed by atoms with E-state index in [9.17, 15) is 9.18 Å². The van der Waals surface area contributed by atoms with Gasteiger partial charge in [-0.1, -0.05) is 18.2 Å². The average molecular weight is 347 g/mol. The number of nitrogens with one attached hydrogen (secondary N) is 1. The first-order valence-corrected chi connectivity index (χ1v) is 7.26. The summed E-state index contributed by atoms with van der Waals surface area (Å²) in [5, 5.41) is 8.18. The Labute approximate surface area is 129 Å². The Morgan fingerprint density at radius 1 is 1.29 bits per heavy atom. The van der Waals surface area contributed by atoms with Crippen molar-refractivity contribution in [1.29, 1.82) is 0 Å². The molecule has 0 amide bonds. The number of aryl methyl sites for hydroxylation is 1. The number of nitrogens with zero attached hydrogens (tertiary/aromatic N) is 1. The molecule has 0 bridgehead atoms. The lowest BCUT2D eigenvalue weighted by atomic mass is 10.0. The van der Waals surface area contributed by atoms with Gasteiger partial charge >= 0.3 is 0 Å². The van der Waals surface area contributed by atoms with Crippen molar-refractivity contribution in [3.8, 4) is 0 Å². The molecule has 3 rings (SSSR count). The van der Waals surface area contributed by atoms with Crippen LogP contribution >= 0.6 is 15.9 Å². The second-order valence-corrected chi connectivity index (χ2v) is 5.78. The minimum absolute atomic E-state index is 0.197. The van der Waals surface area contributed by atoms with Crippen molar-refractivity contribution in [3.05, 3.63) is 73.9 Å². The number of halogens is 2. The smallest absolute Gasteiger partial charge is 0.267 e. The van der Waals surface area contributed by atoms with Crippen molar-refractivity contribution >= 4 is 26.7 Å². The minimum Gasteiger partial charge on any atom is -0.267 e. The lowest BCUT2D eigenvalue weighted by Crippen LogP contribution is -2.12. The summed E-state index contributed by atoms with van der Waals surface area (Å²) in [6, 6.07) is 10.5. The van der Waals surface area contributed by atoms with Gasteiger partial charge in [-0.15, -0.1) is 0 Å². The topological polar surface area (TPSA) is 45.8 Å². The van der Waals surface area contributed by atoms with Gasteiger partial charge in [0.1, 0.15) is 5.82 Å². The van der Waals surface area contributed by atoms with Crippen LogP contribution in [0.4, 0.5) is 4.39 Å². The summed E-state index contributed by atoms with van der Waals surface area (Å²) in [5.41, 5.74) is 2.51. The van der Waals surface area contributed by atoms with Crippen LogP contribution in [0, 0.1) is 12.7 Å². The van der Waals surface area contributed by atoms with E-state index in [1.165, 1.54) is 6.07 Å². The van der Waals surface area contributed by atoms with Gasteiger partial charge in [-0.3, -0.25) is 4.79 Å². The molecule has 0 atom stereocenters. The maximum Gasteiger partial charge on any atom is 0.272 e. The lowest BCUT2D eigenvalue weighted by molar-refractivity contribution is 0.620. The maximum absolute atomic E-state index is 13.3. The zero-order valence-electron chi connectivity index (χ0n) is 11.3. The number of hydrogen-bond acceptors (Lipinski definition) is 2. The predicted octanol–water partition coefficient (Wildman–Crippen LogP) is 3.72. The van der Waals surface area contributed by atoms with Crippen LogP contribution in [-0.4, -0.2) is 10.2 Å². The highest BCUT2D eigenvalue weighted by molar-refractivity contribution is 9.10. The molecule has 0 spiro atoms. The number of hydrogen-bond donors (Lipinski definition) is 1. The van der Waals surface area contributed by atoms with E-state index in [0.717, 1.165) is 22.2 Å². The molecule has 0 aliphatic heterocycles. The van der Waals surface area contributed by atoms with E-state index in [4.69, 9.17) is 0 Å². The Kier molecular flexibility index (Phi) is 3.59. The maximum atomic E-state index is 13.3. The molecule has 0 saturated heterocycles. The highest BCUT2D eigenvalue weighted by Crippen LogP contribution is 2.22. The van der Waals surface area contributed by atoms with Crippen LogP contribution in [0.5, 0.6) is 0 Å². The molecule has 0 unspecified atom stereocenters. The van der Waals surface area contributed by atoms with Crippen molar-refractivity contribution in [2.45, 2.75) is 13.3 Å². The predicted molar refractivity (Wildman–Crippen MR) is 84.0 cm³/mol. The van der Waals surface area contributed by atoms with Crippen LogP contribution in [-0.2, 0) is 6.42 Å². The van der Waals surface area contributed by atoms with Gasteiger partial charge in [-0.2, -0.15) is 5.10 Å². The van der Waals surface area contributed by atoms with Crippen LogP contribution in [0.3, 0.4) is 0 Å². The summed E-state index contributed by atoms with van der Waals surface area (Å²) >= 11 is 3.18. The molecule has 106 valence electrons. The molecule has 1 heterocycles. The first-order valence-electron chi connectivity index (χ1n) is 6.47. The van der Waals surface area contributed by atoms with Gasteiger partial charge in [0.25, 0.3) is 5.56 Å². The molecule has 5 heteroatoms. The molecule has 3 nitrogen and oxygen atoms in total. The van der Waals surface area contributed by atoms with Crippen molar-refractivity contribution in [3.63, 3.8) is 0 Å². The monoisotopic (exact) mass is 346 g/mol. The summed E-state index contributed by atoms with van der Waals surface area (Å²) < 4.78 is 13.7. The van der Waals surface area contributed by atoms with E-state index >= 15 is 0 Å². The van der Waals surface area contributed by atoms with Crippen molar-refractivity contribution in [1.82, 2.24) is 10.2 Å². The number of aromatic nitrogens is 2. The third kappa shape index (κ3) is 2.61. The Hall–Kier alpha value is -2.01. The molecule has 0 aliphatic carbocycles.